The van der Waals surface area contributed by atoms with Gasteiger partial charge in [0.1, 0.15) is 13.2 Å². The van der Waals surface area contributed by atoms with E-state index in [-0.39, 0.29) is 31.1 Å². The molecule has 1 atom stereocenters. The van der Waals surface area contributed by atoms with Gasteiger partial charge in [0.25, 0.3) is 0 Å². The third kappa shape index (κ3) is 64.8. The molecule has 0 aromatic heterocycles. The first-order valence-electron chi connectivity index (χ1n) is 33.4. The van der Waals surface area contributed by atoms with E-state index in [9.17, 15) is 14.4 Å². The lowest BCUT2D eigenvalue weighted by atomic mass is 10.1. The lowest BCUT2D eigenvalue weighted by Crippen LogP contribution is -2.30. The Hall–Kier alpha value is -3.93. The molecule has 0 aromatic carbocycles. The first kappa shape index (κ1) is 75.1. The Labute approximate surface area is 489 Å². The third-order valence-corrected chi connectivity index (χ3v) is 14.2. The van der Waals surface area contributed by atoms with Gasteiger partial charge in [0.05, 0.1) is 0 Å². The van der Waals surface area contributed by atoms with Crippen LogP contribution in [0.5, 0.6) is 0 Å². The summed E-state index contributed by atoms with van der Waals surface area (Å²) in [6, 6.07) is 0. The molecule has 0 spiro atoms. The number of carbonyl (C=O) groups is 3. The van der Waals surface area contributed by atoms with Crippen molar-refractivity contribution in [2.45, 2.75) is 322 Å². The van der Waals surface area contributed by atoms with Crippen molar-refractivity contribution in [3.8, 4) is 0 Å². The molecule has 452 valence electrons. The number of carbonyl (C=O) groups excluding carboxylic acids is 3. The maximum absolute atomic E-state index is 12.9. The van der Waals surface area contributed by atoms with Gasteiger partial charge < -0.3 is 14.2 Å². The summed E-state index contributed by atoms with van der Waals surface area (Å²) in [5.74, 6) is -0.904. The van der Waals surface area contributed by atoms with E-state index in [1.54, 1.807) is 0 Å². The van der Waals surface area contributed by atoms with Crippen molar-refractivity contribution in [2.24, 2.45) is 0 Å². The number of hydrogen-bond acceptors (Lipinski definition) is 6. The molecule has 1 unspecified atom stereocenters. The maximum atomic E-state index is 12.9. The molecule has 0 bridgehead atoms. The van der Waals surface area contributed by atoms with E-state index in [1.807, 2.05) is 0 Å². The molecule has 0 fully saturated rings. The molecule has 79 heavy (non-hydrogen) atoms. The minimum Gasteiger partial charge on any atom is -0.462 e. The molecule has 0 rings (SSSR count). The average molecular weight is 1100 g/mol. The van der Waals surface area contributed by atoms with Gasteiger partial charge in [-0.1, -0.05) is 278 Å². The molecule has 0 radical (unpaired) electrons. The highest BCUT2D eigenvalue weighted by Crippen LogP contribution is 2.16. The Morgan fingerprint density at radius 1 is 0.266 bits per heavy atom. The van der Waals surface area contributed by atoms with Crippen LogP contribution in [0.15, 0.2) is 109 Å². The predicted octanol–water partition coefficient (Wildman–Crippen LogP) is 23.0. The van der Waals surface area contributed by atoms with Crippen LogP contribution < -0.4 is 0 Å². The molecule has 0 N–H and O–H groups in total. The minimum absolute atomic E-state index is 0.0882. The van der Waals surface area contributed by atoms with Gasteiger partial charge >= 0.3 is 17.9 Å². The van der Waals surface area contributed by atoms with Gasteiger partial charge in [-0.25, -0.2) is 0 Å². The van der Waals surface area contributed by atoms with E-state index in [4.69, 9.17) is 14.2 Å². The Bertz CT molecular complexity index is 1590. The van der Waals surface area contributed by atoms with Gasteiger partial charge in [-0.3, -0.25) is 14.4 Å². The fourth-order valence-electron chi connectivity index (χ4n) is 9.24. The maximum Gasteiger partial charge on any atom is 0.306 e. The SMILES string of the molecule is CC/C=C\C/C=C\C/C=C\C/C=C\C/C=C\CCCCCCCCCC(=O)OCC(COC(=O)CCCCCCCCCCC/C=C\CCCCCCCC)OC(=O)CCCCCCCC/C=C\C/C=C\C/C=C\CCCCC. The molecule has 0 amide bonds. The Balaban J connectivity index is 4.43. The summed E-state index contributed by atoms with van der Waals surface area (Å²) in [7, 11) is 0. The number of ether oxygens (including phenoxy) is 3. The summed E-state index contributed by atoms with van der Waals surface area (Å²) in [6.45, 7) is 6.50. The van der Waals surface area contributed by atoms with Crippen LogP contribution in [0, 0.1) is 0 Å². The van der Waals surface area contributed by atoms with Crippen molar-refractivity contribution in [3.05, 3.63) is 109 Å². The quantitative estimate of drug-likeness (QED) is 0.0261. The van der Waals surface area contributed by atoms with Gasteiger partial charge in [0.2, 0.25) is 0 Å². The van der Waals surface area contributed by atoms with E-state index in [0.29, 0.717) is 19.3 Å². The Kier molecular flexibility index (Phi) is 63.3. The summed E-state index contributed by atoms with van der Waals surface area (Å²) < 4.78 is 17.0. The third-order valence-electron chi connectivity index (χ3n) is 14.2. The van der Waals surface area contributed by atoms with Crippen molar-refractivity contribution in [1.82, 2.24) is 0 Å². The van der Waals surface area contributed by atoms with Crippen molar-refractivity contribution < 1.29 is 28.6 Å². The molecular formula is C73H124O6. The Morgan fingerprint density at radius 3 is 0.810 bits per heavy atom. The molecule has 0 saturated heterocycles. The van der Waals surface area contributed by atoms with E-state index in [0.717, 1.165) is 122 Å². The number of esters is 3. The minimum atomic E-state index is -0.795. The lowest BCUT2D eigenvalue weighted by Gasteiger charge is -2.18. The van der Waals surface area contributed by atoms with Crippen LogP contribution in [0.1, 0.15) is 316 Å². The first-order chi connectivity index (χ1) is 39.0. The fraction of sp³-hybridized carbons (Fsp3) is 0.712. The summed E-state index contributed by atoms with van der Waals surface area (Å²) in [5, 5.41) is 0. The topological polar surface area (TPSA) is 78.9 Å². The first-order valence-corrected chi connectivity index (χ1v) is 33.4. The van der Waals surface area contributed by atoms with E-state index in [2.05, 4.69) is 130 Å². The van der Waals surface area contributed by atoms with Crippen LogP contribution in [-0.4, -0.2) is 37.2 Å². The van der Waals surface area contributed by atoms with Gasteiger partial charge in [-0.15, -0.1) is 0 Å². The van der Waals surface area contributed by atoms with Crippen molar-refractivity contribution in [1.29, 1.82) is 0 Å². The molecule has 0 saturated carbocycles. The Morgan fingerprint density at radius 2 is 0.494 bits per heavy atom. The zero-order valence-corrected chi connectivity index (χ0v) is 51.9. The highest BCUT2D eigenvalue weighted by atomic mass is 16.6. The van der Waals surface area contributed by atoms with Crippen molar-refractivity contribution in [3.63, 3.8) is 0 Å². The van der Waals surface area contributed by atoms with E-state index >= 15 is 0 Å². The van der Waals surface area contributed by atoms with Crippen molar-refractivity contribution in [2.75, 3.05) is 13.2 Å². The average Bonchev–Trinajstić information content (AvgIpc) is 3.45. The molecule has 0 aliphatic carbocycles. The zero-order valence-electron chi connectivity index (χ0n) is 51.9. The summed E-state index contributed by atoms with van der Waals surface area (Å²) in [6.07, 6.45) is 90.8. The van der Waals surface area contributed by atoms with Gasteiger partial charge in [0.15, 0.2) is 6.10 Å². The van der Waals surface area contributed by atoms with Crippen LogP contribution in [0.4, 0.5) is 0 Å². The highest BCUT2D eigenvalue weighted by Gasteiger charge is 2.19. The number of allylic oxidation sites excluding steroid dienone is 18. The zero-order chi connectivity index (χ0) is 57.1. The van der Waals surface area contributed by atoms with Crippen LogP contribution >= 0.6 is 0 Å². The lowest BCUT2D eigenvalue weighted by molar-refractivity contribution is -0.167. The summed E-state index contributed by atoms with van der Waals surface area (Å²) >= 11 is 0. The second-order valence-electron chi connectivity index (χ2n) is 22.0. The highest BCUT2D eigenvalue weighted by molar-refractivity contribution is 5.71. The molecule has 0 aliphatic rings. The molecule has 0 aromatic rings. The molecular weight excluding hydrogens is 973 g/mol. The van der Waals surface area contributed by atoms with Gasteiger partial charge in [-0.2, -0.15) is 0 Å². The standard InChI is InChI=1S/C73H124O6/c1-4-7-10-13-16-19-22-25-28-31-34-35-36-37-40-42-45-48-51-54-57-60-63-66-72(75)78-69-70(79-73(76)67-64-61-58-55-52-49-46-43-39-33-30-27-24-21-18-15-12-9-6-3)68-77-71(74)65-62-59-56-53-50-47-44-41-38-32-29-26-23-20-17-14-11-8-5-2/h7,10,16,18-19,21,25-30,34-35,37,39-40,43,70H,4-6,8-9,11-15,17,20,22-24,31-33,36,38,41-42,44-69H2,1-3H3/b10-7-,19-16-,21-18-,28-25-,29-26-,30-27-,35-34-,40-37-,43-39-. The largest absolute Gasteiger partial charge is 0.462 e. The number of rotatable bonds is 60. The molecule has 0 heterocycles. The fourth-order valence-corrected chi connectivity index (χ4v) is 9.24. The van der Waals surface area contributed by atoms with Crippen LogP contribution in [0.25, 0.3) is 0 Å². The number of hydrogen-bond donors (Lipinski definition) is 0. The van der Waals surface area contributed by atoms with Gasteiger partial charge in [0, 0.05) is 19.3 Å². The second kappa shape index (κ2) is 66.6. The molecule has 0 aliphatic heterocycles. The van der Waals surface area contributed by atoms with Crippen LogP contribution in [0.2, 0.25) is 0 Å². The summed E-state index contributed by atoms with van der Waals surface area (Å²) in [5.41, 5.74) is 0. The monoisotopic (exact) mass is 1100 g/mol. The second-order valence-corrected chi connectivity index (χ2v) is 22.0. The van der Waals surface area contributed by atoms with Crippen LogP contribution in [0.3, 0.4) is 0 Å². The molecule has 6 nitrogen and oxygen atoms in total. The van der Waals surface area contributed by atoms with Gasteiger partial charge in [-0.05, 0) is 128 Å². The van der Waals surface area contributed by atoms with Crippen LogP contribution in [-0.2, 0) is 28.6 Å². The number of unbranched alkanes of at least 4 members (excludes halogenated alkanes) is 31. The predicted molar refractivity (Wildman–Crippen MR) is 343 cm³/mol. The summed E-state index contributed by atoms with van der Waals surface area (Å²) in [4.78, 5) is 38.4. The normalized spacial score (nSPS) is 12.8. The van der Waals surface area contributed by atoms with E-state index < -0.39 is 6.10 Å². The van der Waals surface area contributed by atoms with Crippen molar-refractivity contribution >= 4 is 17.9 Å². The van der Waals surface area contributed by atoms with E-state index in [1.165, 1.54) is 154 Å². The smallest absolute Gasteiger partial charge is 0.306 e. The molecule has 6 heteroatoms.